The summed E-state index contributed by atoms with van der Waals surface area (Å²) in [5.41, 5.74) is 1.70. The van der Waals surface area contributed by atoms with Crippen LogP contribution in [0.3, 0.4) is 0 Å². The van der Waals surface area contributed by atoms with Crippen LogP contribution >= 0.6 is 0 Å². The van der Waals surface area contributed by atoms with Gasteiger partial charge in [0.15, 0.2) is 18.9 Å². The molecule has 176 valence electrons. The van der Waals surface area contributed by atoms with E-state index in [4.69, 9.17) is 37.9 Å². The highest BCUT2D eigenvalue weighted by Crippen LogP contribution is 2.45. The Morgan fingerprint density at radius 3 is 2.00 bits per heavy atom. The first-order chi connectivity index (χ1) is 16.3. The van der Waals surface area contributed by atoms with Crippen LogP contribution in [0.25, 0.3) is 0 Å². The van der Waals surface area contributed by atoms with Crippen LogP contribution in [0.5, 0.6) is 11.5 Å². The van der Waals surface area contributed by atoms with E-state index < -0.39 is 25.0 Å². The number of hydrogen-bond acceptors (Lipinski definition) is 8. The minimum Gasteiger partial charge on any atom is -0.493 e. The van der Waals surface area contributed by atoms with E-state index in [1.807, 2.05) is 48.5 Å². The Morgan fingerprint density at radius 2 is 1.30 bits per heavy atom. The molecule has 0 N–H and O–H groups in total. The van der Waals surface area contributed by atoms with E-state index in [0.29, 0.717) is 19.8 Å². The molecule has 3 fully saturated rings. The number of methoxy groups -OCH3 is 1. The smallest absolute Gasteiger partial charge is 0.188 e. The molecule has 2 aromatic rings. The molecule has 0 aliphatic carbocycles. The third-order valence-corrected chi connectivity index (χ3v) is 6.48. The van der Waals surface area contributed by atoms with E-state index in [2.05, 4.69) is 0 Å². The molecule has 4 heterocycles. The molecule has 0 amide bonds. The standard InChI is InChI=1S/C25H28O8/c1-26-25-22-21-20-19(30-25)14-29-23(31-20)15-8-2-4-10-17(15)27-12-6-7-13-28-18-11-5-3-9-16(18)24(32-21)33-22/h2-5,8-11,19-25H,6-7,12-14H2,1H3/t19-,20-,21+,22+,23-,24-,25+/m1/s1. The summed E-state index contributed by atoms with van der Waals surface area (Å²) in [6, 6.07) is 15.6. The summed E-state index contributed by atoms with van der Waals surface area (Å²) in [6.45, 7) is 1.50. The maximum atomic E-state index is 6.45. The number of benzene rings is 2. The minimum atomic E-state index is -0.607. The maximum absolute atomic E-state index is 6.45. The monoisotopic (exact) mass is 456 g/mol. The first-order valence-corrected chi connectivity index (χ1v) is 11.5. The van der Waals surface area contributed by atoms with E-state index in [1.165, 1.54) is 0 Å². The fraction of sp³-hybridized carbons (Fsp3) is 0.520. The molecule has 0 unspecified atom stereocenters. The zero-order valence-corrected chi connectivity index (χ0v) is 18.5. The number of fused-ring (bicyclic) bond motifs is 6. The Balaban J connectivity index is 1.36. The van der Waals surface area contributed by atoms with Crippen LogP contribution in [0.4, 0.5) is 0 Å². The van der Waals surface area contributed by atoms with Crippen molar-refractivity contribution in [3.63, 3.8) is 0 Å². The van der Waals surface area contributed by atoms with Gasteiger partial charge in [-0.15, -0.1) is 0 Å². The summed E-state index contributed by atoms with van der Waals surface area (Å²) in [6.07, 6.45) is -1.63. The quantitative estimate of drug-likeness (QED) is 0.646. The van der Waals surface area contributed by atoms with E-state index >= 15 is 0 Å². The summed E-state index contributed by atoms with van der Waals surface area (Å²) in [4.78, 5) is 0. The van der Waals surface area contributed by atoms with Crippen LogP contribution in [-0.2, 0) is 28.4 Å². The molecule has 4 bridgehead atoms. The van der Waals surface area contributed by atoms with Crippen LogP contribution in [0.1, 0.15) is 36.5 Å². The molecule has 6 rings (SSSR count). The van der Waals surface area contributed by atoms with Crippen LogP contribution in [0, 0.1) is 0 Å². The Hall–Kier alpha value is -2.20. The summed E-state index contributed by atoms with van der Waals surface area (Å²) in [7, 11) is 1.60. The molecular formula is C25H28O8. The summed E-state index contributed by atoms with van der Waals surface area (Å²) in [5, 5.41) is 0. The topological polar surface area (TPSA) is 73.8 Å². The molecular weight excluding hydrogens is 428 g/mol. The lowest BCUT2D eigenvalue weighted by Gasteiger charge is -2.45. The van der Waals surface area contributed by atoms with Gasteiger partial charge in [-0.2, -0.15) is 0 Å². The van der Waals surface area contributed by atoms with Crippen molar-refractivity contribution >= 4 is 0 Å². The van der Waals surface area contributed by atoms with Gasteiger partial charge in [-0.3, -0.25) is 0 Å². The fourth-order valence-electron chi connectivity index (χ4n) is 4.84. The summed E-state index contributed by atoms with van der Waals surface area (Å²) < 4.78 is 49.2. The zero-order valence-electron chi connectivity index (χ0n) is 18.5. The normalized spacial score (nSPS) is 35.7. The van der Waals surface area contributed by atoms with Crippen molar-refractivity contribution in [2.24, 2.45) is 0 Å². The third kappa shape index (κ3) is 4.01. The molecule has 0 saturated carbocycles. The summed E-state index contributed by atoms with van der Waals surface area (Å²) in [5.74, 6) is 1.50. The first-order valence-electron chi connectivity index (χ1n) is 11.5. The first kappa shape index (κ1) is 21.3. The molecule has 0 spiro atoms. The van der Waals surface area contributed by atoms with Gasteiger partial charge in [0.05, 0.1) is 19.8 Å². The molecule has 8 nitrogen and oxygen atoms in total. The lowest BCUT2D eigenvalue weighted by molar-refractivity contribution is -0.343. The van der Waals surface area contributed by atoms with Crippen molar-refractivity contribution < 1.29 is 37.9 Å². The largest absolute Gasteiger partial charge is 0.493 e. The second kappa shape index (κ2) is 9.21. The van der Waals surface area contributed by atoms with E-state index in [9.17, 15) is 0 Å². The van der Waals surface area contributed by atoms with Gasteiger partial charge in [0.2, 0.25) is 0 Å². The molecule has 8 heteroatoms. The molecule has 3 saturated heterocycles. The predicted octanol–water partition coefficient (Wildman–Crippen LogP) is 3.51. The van der Waals surface area contributed by atoms with Crippen LogP contribution in [0.2, 0.25) is 0 Å². The Labute approximate surface area is 192 Å². The molecule has 4 aliphatic rings. The lowest BCUT2D eigenvalue weighted by atomic mass is 9.98. The maximum Gasteiger partial charge on any atom is 0.188 e. The van der Waals surface area contributed by atoms with Gasteiger partial charge in [-0.1, -0.05) is 36.4 Å². The highest BCUT2D eigenvalue weighted by molar-refractivity contribution is 5.36. The number of hydrogen-bond donors (Lipinski definition) is 0. The van der Waals surface area contributed by atoms with Crippen molar-refractivity contribution in [1.82, 2.24) is 0 Å². The third-order valence-electron chi connectivity index (χ3n) is 6.48. The summed E-state index contributed by atoms with van der Waals surface area (Å²) >= 11 is 0. The van der Waals surface area contributed by atoms with Gasteiger partial charge >= 0.3 is 0 Å². The van der Waals surface area contributed by atoms with Gasteiger partial charge in [0.1, 0.15) is 35.9 Å². The predicted molar refractivity (Wildman–Crippen MR) is 115 cm³/mol. The minimum absolute atomic E-state index is 0.340. The van der Waals surface area contributed by atoms with E-state index in [-0.39, 0.29) is 18.3 Å². The van der Waals surface area contributed by atoms with Gasteiger partial charge in [0, 0.05) is 18.2 Å². The Bertz CT molecular complexity index is 967. The Morgan fingerprint density at radius 1 is 0.697 bits per heavy atom. The molecule has 2 aromatic carbocycles. The van der Waals surface area contributed by atoms with Gasteiger partial charge in [0.25, 0.3) is 0 Å². The molecule has 33 heavy (non-hydrogen) atoms. The zero-order chi connectivity index (χ0) is 22.2. The van der Waals surface area contributed by atoms with Crippen molar-refractivity contribution in [1.29, 1.82) is 0 Å². The van der Waals surface area contributed by atoms with Gasteiger partial charge < -0.3 is 37.9 Å². The van der Waals surface area contributed by atoms with Crippen molar-refractivity contribution in [3.05, 3.63) is 59.7 Å². The van der Waals surface area contributed by atoms with E-state index in [0.717, 1.165) is 35.5 Å². The second-order valence-corrected chi connectivity index (χ2v) is 8.56. The Kier molecular flexibility index (Phi) is 5.96. The van der Waals surface area contributed by atoms with E-state index in [1.54, 1.807) is 7.11 Å². The van der Waals surface area contributed by atoms with Gasteiger partial charge in [-0.05, 0) is 25.0 Å². The van der Waals surface area contributed by atoms with Crippen LogP contribution < -0.4 is 9.47 Å². The highest BCUT2D eigenvalue weighted by atomic mass is 16.8. The fourth-order valence-corrected chi connectivity index (χ4v) is 4.84. The average Bonchev–Trinajstić information content (AvgIpc) is 3.31. The van der Waals surface area contributed by atoms with Crippen molar-refractivity contribution in [2.45, 2.75) is 56.1 Å². The SMILES string of the molecule is CO[C@H]1O[C@@H]2CO[C@@H]3O[C@H]2[C@@H]2O[C@H](O[C@H]12)c1ccccc1OCCCCOc1ccccc13. The molecule has 0 aromatic heterocycles. The number of rotatable bonds is 1. The molecule has 0 radical (unpaired) electrons. The van der Waals surface area contributed by atoms with Gasteiger partial charge in [-0.25, -0.2) is 0 Å². The van der Waals surface area contributed by atoms with Crippen molar-refractivity contribution in [3.8, 4) is 11.5 Å². The van der Waals surface area contributed by atoms with Crippen LogP contribution in [0.15, 0.2) is 48.5 Å². The van der Waals surface area contributed by atoms with Crippen LogP contribution in [-0.4, -0.2) is 57.6 Å². The second-order valence-electron chi connectivity index (χ2n) is 8.56. The number of ether oxygens (including phenoxy) is 8. The highest BCUT2D eigenvalue weighted by Gasteiger charge is 2.56. The molecule has 7 atom stereocenters. The number of para-hydroxylation sites is 2. The molecule has 4 aliphatic heterocycles. The average molecular weight is 456 g/mol. The lowest BCUT2D eigenvalue weighted by Crippen LogP contribution is -2.61. The van der Waals surface area contributed by atoms with Crippen molar-refractivity contribution in [2.75, 3.05) is 26.9 Å².